The molecule has 2 aliphatic carbocycles. The van der Waals surface area contributed by atoms with Gasteiger partial charge in [0.15, 0.2) is 5.78 Å². The number of ketones is 1. The molecule has 0 aliphatic heterocycles. The molecule has 0 radical (unpaired) electrons. The second-order valence-corrected chi connectivity index (χ2v) is 10.4. The number of fused-ring (bicyclic) bond motifs is 6. The lowest BCUT2D eigenvalue weighted by Gasteiger charge is -2.30. The van der Waals surface area contributed by atoms with Crippen LogP contribution in [0, 0.1) is 41.5 Å². The lowest BCUT2D eigenvalue weighted by atomic mass is 9.85. The van der Waals surface area contributed by atoms with E-state index in [1.807, 2.05) is 65.8 Å². The molecule has 6 rings (SSSR count). The van der Waals surface area contributed by atoms with E-state index < -0.39 is 11.8 Å². The van der Waals surface area contributed by atoms with Crippen LogP contribution in [0.2, 0.25) is 0 Å². The molecule has 0 saturated heterocycles. The van der Waals surface area contributed by atoms with Gasteiger partial charge >= 0.3 is 6.18 Å². The Balaban J connectivity index is 0.000000268. The van der Waals surface area contributed by atoms with Gasteiger partial charge in [-0.1, -0.05) is 88.4 Å². The summed E-state index contributed by atoms with van der Waals surface area (Å²) in [5, 5.41) is 10.6. The van der Waals surface area contributed by atoms with Crippen LogP contribution in [0.25, 0.3) is 22.3 Å². The first kappa shape index (κ1) is 36.2. The maximum absolute atomic E-state index is 13.7. The number of halogens is 4. The molecule has 0 aromatic heterocycles. The van der Waals surface area contributed by atoms with Crippen LogP contribution in [0.4, 0.5) is 13.2 Å². The Hall–Kier alpha value is -2.97. The molecule has 1 N–H and O–H groups in total. The fourth-order valence-electron chi connectivity index (χ4n) is 5.86. The largest absolute Gasteiger partial charge is 0.425 e. The predicted molar refractivity (Wildman–Crippen MR) is 183 cm³/mol. The first-order valence-corrected chi connectivity index (χ1v) is 14.6. The van der Waals surface area contributed by atoms with Crippen molar-refractivity contribution >= 4 is 29.8 Å². The molecular formula is C37H42F3IO2. The zero-order chi connectivity index (χ0) is 31.7. The molecule has 0 amide bonds. The maximum Gasteiger partial charge on any atom is 0.425 e. The number of hydrogen-bond donors (Lipinski definition) is 1. The van der Waals surface area contributed by atoms with Gasteiger partial charge in [0, 0.05) is 22.3 Å². The molecule has 230 valence electrons. The second-order valence-electron chi connectivity index (χ2n) is 10.4. The molecule has 0 heterocycles. The third-order valence-corrected chi connectivity index (χ3v) is 8.39. The lowest BCUT2D eigenvalue weighted by Crippen LogP contribution is -2.42. The van der Waals surface area contributed by atoms with Crippen molar-refractivity contribution in [1.29, 1.82) is 0 Å². The summed E-state index contributed by atoms with van der Waals surface area (Å²) in [6, 6.07) is 17.9. The van der Waals surface area contributed by atoms with Crippen molar-refractivity contribution in [2.75, 3.05) is 0 Å². The van der Waals surface area contributed by atoms with Crippen molar-refractivity contribution in [1.82, 2.24) is 0 Å². The van der Waals surface area contributed by atoms with Crippen molar-refractivity contribution in [2.45, 2.75) is 81.0 Å². The zero-order valence-electron chi connectivity index (χ0n) is 26.7. The van der Waals surface area contributed by atoms with Gasteiger partial charge in [-0.05, 0) is 97.2 Å². The van der Waals surface area contributed by atoms with Crippen LogP contribution < -0.4 is 0 Å². The molecule has 2 nitrogen and oxygen atoms in total. The van der Waals surface area contributed by atoms with Crippen molar-refractivity contribution < 1.29 is 23.1 Å². The number of carbonyl (C=O) groups excluding carboxylic acids is 1. The summed E-state index contributed by atoms with van der Waals surface area (Å²) in [7, 11) is 0. The molecule has 4 aromatic rings. The summed E-state index contributed by atoms with van der Waals surface area (Å²) in [5.74, 6) is 0.177. The van der Waals surface area contributed by atoms with Crippen molar-refractivity contribution in [2.24, 2.45) is 0 Å². The van der Waals surface area contributed by atoms with Gasteiger partial charge in [-0.15, -0.1) is 24.0 Å². The normalized spacial score (nSPS) is 15.2. The molecular weight excluding hydrogens is 660 g/mol. The highest BCUT2D eigenvalue weighted by Gasteiger charge is 2.61. The summed E-state index contributed by atoms with van der Waals surface area (Å²) >= 11 is 0. The third kappa shape index (κ3) is 5.80. The first-order valence-electron chi connectivity index (χ1n) is 14.6. The number of benzene rings is 4. The average Bonchev–Trinajstić information content (AvgIpc) is 3.42. The monoisotopic (exact) mass is 702 g/mol. The Morgan fingerprint density at radius 1 is 0.605 bits per heavy atom. The fraction of sp³-hybridized carbons (Fsp3) is 0.324. The van der Waals surface area contributed by atoms with Crippen molar-refractivity contribution in [3.05, 3.63) is 116 Å². The smallest absolute Gasteiger partial charge is 0.372 e. The second kappa shape index (κ2) is 13.8. The number of alkyl halides is 3. The summed E-state index contributed by atoms with van der Waals surface area (Å²) in [6.45, 7) is 19.5. The number of carbonyl (C=O) groups is 1. The predicted octanol–water partition coefficient (Wildman–Crippen LogP) is 10.9. The minimum Gasteiger partial charge on any atom is -0.372 e. The minimum absolute atomic E-state index is 0. The van der Waals surface area contributed by atoms with Crippen molar-refractivity contribution in [3.8, 4) is 22.3 Å². The Morgan fingerprint density at radius 2 is 1.05 bits per heavy atom. The Kier molecular flexibility index (Phi) is 11.6. The van der Waals surface area contributed by atoms with E-state index in [9.17, 15) is 23.1 Å². The van der Waals surface area contributed by atoms with Gasteiger partial charge in [-0.2, -0.15) is 13.2 Å². The molecule has 6 heteroatoms. The molecule has 4 aromatic carbocycles. The summed E-state index contributed by atoms with van der Waals surface area (Å²) in [6.07, 6.45) is -4.76. The van der Waals surface area contributed by atoms with Gasteiger partial charge in [0.2, 0.25) is 5.60 Å². The molecule has 0 saturated carbocycles. The van der Waals surface area contributed by atoms with Crippen molar-refractivity contribution in [3.63, 3.8) is 0 Å². The highest BCUT2D eigenvalue weighted by atomic mass is 127. The quantitative estimate of drug-likeness (QED) is 0.163. The van der Waals surface area contributed by atoms with Crippen LogP contribution >= 0.6 is 24.0 Å². The third-order valence-electron chi connectivity index (χ3n) is 8.39. The van der Waals surface area contributed by atoms with Crippen LogP contribution in [-0.4, -0.2) is 17.1 Å². The van der Waals surface area contributed by atoms with E-state index >= 15 is 0 Å². The fourth-order valence-corrected chi connectivity index (χ4v) is 5.86. The zero-order valence-corrected chi connectivity index (χ0v) is 29.0. The van der Waals surface area contributed by atoms with Crippen LogP contribution in [0.1, 0.15) is 88.1 Å². The van der Waals surface area contributed by atoms with Crippen LogP contribution in [0.3, 0.4) is 0 Å². The van der Waals surface area contributed by atoms with E-state index in [0.29, 0.717) is 16.7 Å². The number of rotatable bonds is 0. The summed E-state index contributed by atoms with van der Waals surface area (Å²) < 4.78 is 41.0. The lowest BCUT2D eigenvalue weighted by molar-refractivity contribution is -0.246. The highest BCUT2D eigenvalue weighted by Crippen LogP contribution is 2.56. The van der Waals surface area contributed by atoms with Gasteiger partial charge in [0.05, 0.1) is 0 Å². The SMILES string of the molecule is CC.CC.Cc1cc2c(c(C)c1C)C(=O)c1ccccc1-2.Cc1cc2c(c(C)c1C)C(O)(C(F)(F)F)c1ccccc1-2.I. The van der Waals surface area contributed by atoms with E-state index in [0.717, 1.165) is 38.9 Å². The molecule has 1 atom stereocenters. The van der Waals surface area contributed by atoms with Crippen LogP contribution in [-0.2, 0) is 5.60 Å². The minimum atomic E-state index is -4.76. The number of aryl methyl sites for hydroxylation is 2. The van der Waals surface area contributed by atoms with Crippen LogP contribution in [0.15, 0.2) is 60.7 Å². The Bertz CT molecular complexity index is 1650. The van der Waals surface area contributed by atoms with Gasteiger partial charge in [-0.25, -0.2) is 0 Å². The van der Waals surface area contributed by atoms with E-state index in [2.05, 4.69) is 19.9 Å². The molecule has 0 bridgehead atoms. The van der Waals surface area contributed by atoms with E-state index in [-0.39, 0.29) is 40.9 Å². The maximum atomic E-state index is 13.7. The Morgan fingerprint density at radius 3 is 1.58 bits per heavy atom. The molecule has 2 aliphatic rings. The number of aliphatic hydroxyl groups is 1. The Labute approximate surface area is 271 Å². The molecule has 43 heavy (non-hydrogen) atoms. The summed E-state index contributed by atoms with van der Waals surface area (Å²) in [5.41, 5.74) is 7.63. The number of hydrogen-bond acceptors (Lipinski definition) is 2. The van der Waals surface area contributed by atoms with Gasteiger partial charge in [0.1, 0.15) is 0 Å². The van der Waals surface area contributed by atoms with E-state index in [4.69, 9.17) is 0 Å². The first-order chi connectivity index (χ1) is 19.8. The van der Waals surface area contributed by atoms with E-state index in [1.165, 1.54) is 23.3 Å². The van der Waals surface area contributed by atoms with Gasteiger partial charge in [-0.3, -0.25) is 4.79 Å². The van der Waals surface area contributed by atoms with Gasteiger partial charge in [0.25, 0.3) is 0 Å². The molecule has 0 fully saturated rings. The topological polar surface area (TPSA) is 37.3 Å². The summed E-state index contributed by atoms with van der Waals surface area (Å²) in [4.78, 5) is 12.4. The highest BCUT2D eigenvalue weighted by molar-refractivity contribution is 14.0. The standard InChI is InChI=1S/C17H15F3O.C16H14O.2C2H6.HI/c1-9-8-13-12-6-4-5-7-14(12)16(21,17(18,19)20)15(13)11(3)10(9)2;1-9-8-14-12-6-4-5-7-13(12)16(17)15(14)11(3)10(9)2;2*1-2;/h4-8,21H,1-3H3;4-8H,1-3H3;2*1-2H3;1H. The van der Waals surface area contributed by atoms with E-state index in [1.54, 1.807) is 32.0 Å². The molecule has 0 spiro atoms. The average molecular weight is 703 g/mol. The van der Waals surface area contributed by atoms with Crippen LogP contribution in [0.5, 0.6) is 0 Å². The van der Waals surface area contributed by atoms with Gasteiger partial charge < -0.3 is 5.11 Å². The molecule has 1 unspecified atom stereocenters.